The van der Waals surface area contributed by atoms with Gasteiger partial charge in [-0.25, -0.2) is 0 Å². The molecule has 0 aliphatic rings. The number of hydrogen-bond donors (Lipinski definition) is 3. The summed E-state index contributed by atoms with van der Waals surface area (Å²) in [6.07, 6.45) is 3.29. The first-order valence-corrected chi connectivity index (χ1v) is 7.32. The van der Waals surface area contributed by atoms with Crippen molar-refractivity contribution in [1.82, 2.24) is 15.1 Å². The number of carbonyl (C=O) groups excluding carboxylic acids is 2. The molecule has 2 aromatic rings. The zero-order chi connectivity index (χ0) is 17.7. The fraction of sp³-hybridized carbons (Fsp3) is 0.250. The van der Waals surface area contributed by atoms with Crippen LogP contribution in [0.1, 0.15) is 30.2 Å². The Balaban J connectivity index is 1.98. The number of amides is 2. The lowest BCUT2D eigenvalue weighted by molar-refractivity contribution is -0.138. The topological polar surface area (TPSA) is 113 Å². The van der Waals surface area contributed by atoms with Gasteiger partial charge < -0.3 is 15.7 Å². The highest BCUT2D eigenvalue weighted by Gasteiger charge is 2.17. The van der Waals surface area contributed by atoms with E-state index in [0.29, 0.717) is 11.3 Å². The maximum Gasteiger partial charge on any atom is 0.325 e. The lowest BCUT2D eigenvalue weighted by Gasteiger charge is -2.13. The Hall–Kier alpha value is -3.16. The van der Waals surface area contributed by atoms with Crippen LogP contribution in [0.3, 0.4) is 0 Å². The van der Waals surface area contributed by atoms with Crippen molar-refractivity contribution in [2.75, 3.05) is 5.32 Å². The second-order valence-corrected chi connectivity index (χ2v) is 5.26. The van der Waals surface area contributed by atoms with Gasteiger partial charge in [-0.15, -0.1) is 0 Å². The molecule has 3 N–H and O–H groups in total. The number of aliphatic carboxylic acids is 1. The summed E-state index contributed by atoms with van der Waals surface area (Å²) in [6.45, 7) is 3.10. The standard InChI is InChI=1S/C16H18N4O4/c1-10(16(23)24)18-15(22)12-4-6-13(7-5-12)19-14(21)11(2)20-9-3-8-17-20/h3-11H,1-2H3,(H,18,22)(H,19,21)(H,23,24)/t10-,11-/m1/s1. The fourth-order valence-corrected chi connectivity index (χ4v) is 1.92. The van der Waals surface area contributed by atoms with Crippen LogP contribution in [-0.4, -0.2) is 38.7 Å². The van der Waals surface area contributed by atoms with E-state index in [2.05, 4.69) is 15.7 Å². The fourth-order valence-electron chi connectivity index (χ4n) is 1.92. The Labute approximate surface area is 138 Å². The molecule has 0 saturated heterocycles. The van der Waals surface area contributed by atoms with Crippen molar-refractivity contribution in [2.24, 2.45) is 0 Å². The number of anilines is 1. The predicted molar refractivity (Wildman–Crippen MR) is 86.6 cm³/mol. The van der Waals surface area contributed by atoms with Gasteiger partial charge in [0.25, 0.3) is 5.91 Å². The Morgan fingerprint density at radius 3 is 2.38 bits per heavy atom. The molecule has 1 aromatic carbocycles. The highest BCUT2D eigenvalue weighted by atomic mass is 16.4. The van der Waals surface area contributed by atoms with Crippen LogP contribution in [-0.2, 0) is 9.59 Å². The molecule has 0 unspecified atom stereocenters. The van der Waals surface area contributed by atoms with Gasteiger partial charge in [0.1, 0.15) is 12.1 Å². The molecule has 1 aromatic heterocycles. The number of hydrogen-bond acceptors (Lipinski definition) is 4. The summed E-state index contributed by atoms with van der Waals surface area (Å²) in [5.41, 5.74) is 0.836. The Bertz CT molecular complexity index is 725. The second-order valence-electron chi connectivity index (χ2n) is 5.26. The van der Waals surface area contributed by atoms with E-state index in [9.17, 15) is 14.4 Å². The van der Waals surface area contributed by atoms with E-state index in [0.717, 1.165) is 0 Å². The molecule has 2 amide bonds. The van der Waals surface area contributed by atoms with Crippen LogP contribution in [0, 0.1) is 0 Å². The smallest absolute Gasteiger partial charge is 0.325 e. The van der Waals surface area contributed by atoms with Crippen molar-refractivity contribution >= 4 is 23.5 Å². The zero-order valence-corrected chi connectivity index (χ0v) is 13.3. The number of carboxylic acids is 1. The van der Waals surface area contributed by atoms with Crippen LogP contribution in [0.5, 0.6) is 0 Å². The van der Waals surface area contributed by atoms with E-state index >= 15 is 0 Å². The molecule has 8 nitrogen and oxygen atoms in total. The van der Waals surface area contributed by atoms with E-state index in [4.69, 9.17) is 5.11 Å². The number of carbonyl (C=O) groups is 3. The molecule has 24 heavy (non-hydrogen) atoms. The summed E-state index contributed by atoms with van der Waals surface area (Å²) in [6, 6.07) is 6.46. The average molecular weight is 330 g/mol. The Morgan fingerprint density at radius 2 is 1.83 bits per heavy atom. The van der Waals surface area contributed by atoms with Gasteiger partial charge in [-0.05, 0) is 44.2 Å². The molecule has 126 valence electrons. The van der Waals surface area contributed by atoms with Gasteiger partial charge in [-0.3, -0.25) is 19.1 Å². The van der Waals surface area contributed by atoms with Gasteiger partial charge >= 0.3 is 5.97 Å². The molecule has 8 heteroatoms. The number of carboxylic acid groups (broad SMARTS) is 1. The molecular formula is C16H18N4O4. The third kappa shape index (κ3) is 4.19. The SMILES string of the molecule is C[C@H](C(=O)Nc1ccc(C(=O)N[C@H](C)C(=O)O)cc1)n1cccn1. The maximum atomic E-state index is 12.1. The van der Waals surface area contributed by atoms with E-state index in [1.165, 1.54) is 23.7 Å². The van der Waals surface area contributed by atoms with Crippen molar-refractivity contribution in [3.05, 3.63) is 48.3 Å². The number of benzene rings is 1. The number of nitrogens with zero attached hydrogens (tertiary/aromatic N) is 2. The van der Waals surface area contributed by atoms with E-state index < -0.39 is 24.0 Å². The molecular weight excluding hydrogens is 312 g/mol. The van der Waals surface area contributed by atoms with Gasteiger partial charge in [0.15, 0.2) is 0 Å². The molecule has 0 aliphatic heterocycles. The van der Waals surface area contributed by atoms with Crippen molar-refractivity contribution in [1.29, 1.82) is 0 Å². The second kappa shape index (κ2) is 7.40. The molecule has 2 atom stereocenters. The quantitative estimate of drug-likeness (QED) is 0.738. The third-order valence-electron chi connectivity index (χ3n) is 3.43. The first-order valence-electron chi connectivity index (χ1n) is 7.32. The summed E-state index contributed by atoms with van der Waals surface area (Å²) >= 11 is 0. The maximum absolute atomic E-state index is 12.1. The van der Waals surface area contributed by atoms with Crippen molar-refractivity contribution < 1.29 is 19.5 Å². The highest BCUT2D eigenvalue weighted by Crippen LogP contribution is 2.13. The third-order valence-corrected chi connectivity index (χ3v) is 3.43. The van der Waals surface area contributed by atoms with Crippen LogP contribution in [0.4, 0.5) is 5.69 Å². The first kappa shape index (κ1) is 17.2. The molecule has 1 heterocycles. The average Bonchev–Trinajstić information content (AvgIpc) is 3.08. The van der Waals surface area contributed by atoms with Crippen LogP contribution in [0.15, 0.2) is 42.7 Å². The summed E-state index contributed by atoms with van der Waals surface area (Å²) in [4.78, 5) is 34.8. The minimum absolute atomic E-state index is 0.240. The molecule has 0 radical (unpaired) electrons. The molecule has 0 spiro atoms. The molecule has 0 fully saturated rings. The first-order chi connectivity index (χ1) is 11.4. The highest BCUT2D eigenvalue weighted by molar-refractivity contribution is 5.98. The molecule has 0 aliphatic carbocycles. The van der Waals surface area contributed by atoms with E-state index in [-0.39, 0.29) is 5.91 Å². The normalized spacial score (nSPS) is 12.9. The van der Waals surface area contributed by atoms with Crippen LogP contribution < -0.4 is 10.6 Å². The monoisotopic (exact) mass is 330 g/mol. The lowest BCUT2D eigenvalue weighted by Crippen LogP contribution is -2.38. The predicted octanol–water partition coefficient (Wildman–Crippen LogP) is 1.29. The summed E-state index contributed by atoms with van der Waals surface area (Å²) < 4.78 is 1.53. The molecule has 0 saturated carbocycles. The van der Waals surface area contributed by atoms with Gasteiger partial charge in [-0.1, -0.05) is 0 Å². The van der Waals surface area contributed by atoms with E-state index in [1.807, 2.05) is 0 Å². The largest absolute Gasteiger partial charge is 0.480 e. The number of aromatic nitrogens is 2. The van der Waals surface area contributed by atoms with Crippen molar-refractivity contribution in [2.45, 2.75) is 25.9 Å². The van der Waals surface area contributed by atoms with Gasteiger partial charge in [-0.2, -0.15) is 5.10 Å². The minimum Gasteiger partial charge on any atom is -0.480 e. The summed E-state index contributed by atoms with van der Waals surface area (Å²) in [5, 5.41) is 17.9. The number of nitrogens with one attached hydrogen (secondary N) is 2. The van der Waals surface area contributed by atoms with Crippen LogP contribution >= 0.6 is 0 Å². The number of rotatable bonds is 6. The van der Waals surface area contributed by atoms with Gasteiger partial charge in [0, 0.05) is 23.6 Å². The molecule has 2 rings (SSSR count). The van der Waals surface area contributed by atoms with Crippen molar-refractivity contribution in [3.8, 4) is 0 Å². The zero-order valence-electron chi connectivity index (χ0n) is 13.3. The van der Waals surface area contributed by atoms with Crippen LogP contribution in [0.2, 0.25) is 0 Å². The van der Waals surface area contributed by atoms with Gasteiger partial charge in [0.2, 0.25) is 5.91 Å². The Kier molecular flexibility index (Phi) is 5.31. The lowest BCUT2D eigenvalue weighted by atomic mass is 10.1. The van der Waals surface area contributed by atoms with Crippen molar-refractivity contribution in [3.63, 3.8) is 0 Å². The molecule has 0 bridgehead atoms. The summed E-state index contributed by atoms with van der Waals surface area (Å²) in [5.74, 6) is -1.84. The van der Waals surface area contributed by atoms with E-state index in [1.54, 1.807) is 37.5 Å². The van der Waals surface area contributed by atoms with Gasteiger partial charge in [0.05, 0.1) is 0 Å². The minimum atomic E-state index is -1.11. The van der Waals surface area contributed by atoms with Crippen LogP contribution in [0.25, 0.3) is 0 Å². The summed E-state index contributed by atoms with van der Waals surface area (Å²) in [7, 11) is 0. The Morgan fingerprint density at radius 1 is 1.17 bits per heavy atom.